The van der Waals surface area contributed by atoms with Gasteiger partial charge in [-0.05, 0) is 52.2 Å². The van der Waals surface area contributed by atoms with Gasteiger partial charge < -0.3 is 19.3 Å². The van der Waals surface area contributed by atoms with Crippen LogP contribution in [0.25, 0.3) is 21.5 Å². The van der Waals surface area contributed by atoms with Crippen molar-refractivity contribution in [1.29, 1.82) is 0 Å². The number of thiophene rings is 2. The minimum Gasteiger partial charge on any atom is -0.492 e. The normalized spacial score (nSPS) is 12.6. The van der Waals surface area contributed by atoms with E-state index in [0.717, 1.165) is 39.0 Å². The summed E-state index contributed by atoms with van der Waals surface area (Å²) in [5.41, 5.74) is 0. The summed E-state index contributed by atoms with van der Waals surface area (Å²) in [5, 5.41) is 8.70. The summed E-state index contributed by atoms with van der Waals surface area (Å²) < 4.78 is 13.0. The average Bonchev–Trinajstić information content (AvgIpc) is 3.82. The van der Waals surface area contributed by atoms with Gasteiger partial charge in [0.1, 0.15) is 17.6 Å². The minimum absolute atomic E-state index is 0.00462. The highest BCUT2D eigenvalue weighted by molar-refractivity contribution is 7.10. The monoisotopic (exact) mass is 634 g/mol. The maximum atomic E-state index is 13.5. The molecular formula is C38H38N2O3S2. The predicted molar refractivity (Wildman–Crippen MR) is 188 cm³/mol. The van der Waals surface area contributed by atoms with Gasteiger partial charge in [-0.15, -0.1) is 22.7 Å². The molecule has 6 rings (SSSR count). The van der Waals surface area contributed by atoms with Gasteiger partial charge in [0.25, 0.3) is 0 Å². The molecule has 0 fully saturated rings. The minimum atomic E-state index is -0.147. The maximum Gasteiger partial charge on any atom is 0.319 e. The van der Waals surface area contributed by atoms with Crippen LogP contribution in [0.5, 0.6) is 11.5 Å². The average molecular weight is 635 g/mol. The lowest BCUT2D eigenvalue weighted by Crippen LogP contribution is -2.40. The zero-order valence-corrected chi connectivity index (χ0v) is 27.3. The summed E-state index contributed by atoms with van der Waals surface area (Å²) in [6.45, 7) is 1.76. The second kappa shape index (κ2) is 14.6. The first-order valence-electron chi connectivity index (χ1n) is 15.3. The predicted octanol–water partition coefficient (Wildman–Crippen LogP) is 9.86. The molecule has 5 nitrogen and oxygen atoms in total. The lowest BCUT2D eigenvalue weighted by molar-refractivity contribution is 0.152. The van der Waals surface area contributed by atoms with Crippen molar-refractivity contribution in [1.82, 2.24) is 9.80 Å². The zero-order chi connectivity index (χ0) is 31.0. The van der Waals surface area contributed by atoms with Crippen molar-refractivity contribution >= 4 is 50.2 Å². The van der Waals surface area contributed by atoms with Gasteiger partial charge in [0, 0.05) is 60.1 Å². The van der Waals surface area contributed by atoms with E-state index in [-0.39, 0.29) is 18.1 Å². The number of carbonyl (C=O) groups is 1. The molecule has 45 heavy (non-hydrogen) atoms. The van der Waals surface area contributed by atoms with Crippen molar-refractivity contribution in [3.8, 4) is 11.5 Å². The zero-order valence-electron chi connectivity index (χ0n) is 25.7. The van der Waals surface area contributed by atoms with E-state index in [0.29, 0.717) is 26.1 Å². The third-order valence-electron chi connectivity index (χ3n) is 8.21. The Kier molecular flexibility index (Phi) is 9.98. The van der Waals surface area contributed by atoms with E-state index >= 15 is 0 Å². The summed E-state index contributed by atoms with van der Waals surface area (Å²) in [4.78, 5) is 19.5. The van der Waals surface area contributed by atoms with E-state index in [1.807, 2.05) is 67.5 Å². The molecule has 230 valence electrons. The van der Waals surface area contributed by atoms with Gasteiger partial charge in [0.15, 0.2) is 0 Å². The number of hydrogen-bond donors (Lipinski definition) is 0. The molecule has 0 saturated heterocycles. The van der Waals surface area contributed by atoms with Crippen LogP contribution in [0.2, 0.25) is 0 Å². The number of amides is 2. The summed E-state index contributed by atoms with van der Waals surface area (Å²) in [5.74, 6) is 1.94. The van der Waals surface area contributed by atoms with E-state index in [1.165, 1.54) is 10.3 Å². The van der Waals surface area contributed by atoms with Crippen LogP contribution >= 0.6 is 22.7 Å². The van der Waals surface area contributed by atoms with Crippen molar-refractivity contribution in [3.05, 3.63) is 130 Å². The second-order valence-corrected chi connectivity index (χ2v) is 13.3. The van der Waals surface area contributed by atoms with Crippen molar-refractivity contribution in [2.24, 2.45) is 0 Å². The Balaban J connectivity index is 1.07. The van der Waals surface area contributed by atoms with Gasteiger partial charge in [-0.3, -0.25) is 0 Å². The van der Waals surface area contributed by atoms with Gasteiger partial charge in [-0.1, -0.05) is 84.9 Å². The van der Waals surface area contributed by atoms with Gasteiger partial charge in [0.05, 0.1) is 6.61 Å². The first-order valence-corrected chi connectivity index (χ1v) is 17.1. The first-order chi connectivity index (χ1) is 22.1. The van der Waals surface area contributed by atoms with E-state index in [9.17, 15) is 4.79 Å². The SMILES string of the molecule is CN(CCC(COc1cccc2ccccc12)c1cccs1)C(=O)N(C)CCC(Oc1cccc2ccccc12)c1cccs1. The Morgan fingerprint density at radius 1 is 0.644 bits per heavy atom. The molecule has 0 aliphatic carbocycles. The van der Waals surface area contributed by atoms with Gasteiger partial charge in [-0.2, -0.15) is 0 Å². The number of carbonyl (C=O) groups excluding carboxylic acids is 1. The molecule has 2 amide bonds. The standard InChI is InChI=1S/C38H38N2O3S2/c1-39(23-21-30(36-19-9-25-44-36)27-42-33-17-7-13-28-11-3-5-15-31(28)33)38(41)40(2)24-22-35(37-20-10-26-45-37)43-34-18-8-14-29-12-4-6-16-32(29)34/h3-20,25-26,30,35H,21-24,27H2,1-2H3. The summed E-state index contributed by atoms with van der Waals surface area (Å²) in [6, 6.07) is 37.3. The molecule has 0 bridgehead atoms. The van der Waals surface area contributed by atoms with Crippen LogP contribution in [0.1, 0.15) is 34.6 Å². The van der Waals surface area contributed by atoms with Crippen LogP contribution in [0, 0.1) is 0 Å². The van der Waals surface area contributed by atoms with E-state index in [4.69, 9.17) is 9.47 Å². The molecule has 0 saturated carbocycles. The van der Waals surface area contributed by atoms with Crippen LogP contribution in [-0.4, -0.2) is 49.6 Å². The summed E-state index contributed by atoms with van der Waals surface area (Å²) in [7, 11) is 3.77. The Morgan fingerprint density at radius 2 is 1.20 bits per heavy atom. The maximum absolute atomic E-state index is 13.5. The van der Waals surface area contributed by atoms with Crippen LogP contribution in [0.4, 0.5) is 4.79 Å². The molecule has 7 heteroatoms. The third-order valence-corrected chi connectivity index (χ3v) is 10.2. The number of ether oxygens (including phenoxy) is 2. The molecule has 0 N–H and O–H groups in total. The van der Waals surface area contributed by atoms with Crippen molar-refractivity contribution in [2.45, 2.75) is 24.9 Å². The van der Waals surface area contributed by atoms with Crippen molar-refractivity contribution < 1.29 is 14.3 Å². The van der Waals surface area contributed by atoms with Crippen LogP contribution in [0.3, 0.4) is 0 Å². The topological polar surface area (TPSA) is 42.0 Å². The first kappa shape index (κ1) is 30.7. The molecule has 0 spiro atoms. The second-order valence-electron chi connectivity index (χ2n) is 11.3. The number of rotatable bonds is 13. The largest absolute Gasteiger partial charge is 0.492 e. The number of urea groups is 1. The number of hydrogen-bond acceptors (Lipinski definition) is 5. The van der Waals surface area contributed by atoms with E-state index < -0.39 is 0 Å². The number of benzene rings is 4. The van der Waals surface area contributed by atoms with Gasteiger partial charge in [0.2, 0.25) is 0 Å². The van der Waals surface area contributed by atoms with Gasteiger partial charge in [-0.25, -0.2) is 4.79 Å². The van der Waals surface area contributed by atoms with Gasteiger partial charge >= 0.3 is 6.03 Å². The fraction of sp³-hybridized carbons (Fsp3) is 0.237. The molecule has 4 aromatic carbocycles. The highest BCUT2D eigenvalue weighted by Crippen LogP contribution is 2.33. The quantitative estimate of drug-likeness (QED) is 0.127. The molecular weight excluding hydrogens is 597 g/mol. The van der Waals surface area contributed by atoms with Crippen LogP contribution in [-0.2, 0) is 0 Å². The Bertz CT molecular complexity index is 1810. The highest BCUT2D eigenvalue weighted by Gasteiger charge is 2.22. The molecule has 2 aromatic heterocycles. The lowest BCUT2D eigenvalue weighted by Gasteiger charge is -2.28. The van der Waals surface area contributed by atoms with E-state index in [2.05, 4.69) is 71.4 Å². The lowest BCUT2D eigenvalue weighted by atomic mass is 10.0. The molecule has 0 aliphatic heterocycles. The molecule has 0 aliphatic rings. The Labute approximate surface area is 273 Å². The van der Waals surface area contributed by atoms with Crippen LogP contribution < -0.4 is 9.47 Å². The number of fused-ring (bicyclic) bond motifs is 2. The number of nitrogens with zero attached hydrogens (tertiary/aromatic N) is 2. The molecule has 2 unspecified atom stereocenters. The highest BCUT2D eigenvalue weighted by atomic mass is 32.1. The molecule has 0 radical (unpaired) electrons. The van der Waals surface area contributed by atoms with Crippen LogP contribution in [0.15, 0.2) is 120 Å². The fourth-order valence-corrected chi connectivity index (χ4v) is 7.31. The Morgan fingerprint density at radius 3 is 1.84 bits per heavy atom. The van der Waals surface area contributed by atoms with E-state index in [1.54, 1.807) is 27.6 Å². The Hall–Kier alpha value is -4.33. The summed E-state index contributed by atoms with van der Waals surface area (Å²) in [6.07, 6.45) is 1.35. The summed E-state index contributed by atoms with van der Waals surface area (Å²) >= 11 is 3.43. The smallest absolute Gasteiger partial charge is 0.319 e. The molecule has 6 aromatic rings. The third kappa shape index (κ3) is 7.49. The molecule has 2 atom stereocenters. The van der Waals surface area contributed by atoms with Crippen molar-refractivity contribution in [2.75, 3.05) is 33.8 Å². The van der Waals surface area contributed by atoms with Crippen molar-refractivity contribution in [3.63, 3.8) is 0 Å². The molecule has 2 heterocycles. The fourth-order valence-electron chi connectivity index (χ4n) is 5.67.